The van der Waals surface area contributed by atoms with Gasteiger partial charge in [0.2, 0.25) is 5.75 Å². The van der Waals surface area contributed by atoms with E-state index in [2.05, 4.69) is 0 Å². The Kier molecular flexibility index (Phi) is 8.98. The summed E-state index contributed by atoms with van der Waals surface area (Å²) >= 11 is 0. The number of amides is 1. The van der Waals surface area contributed by atoms with Crippen molar-refractivity contribution in [1.29, 1.82) is 0 Å². The van der Waals surface area contributed by atoms with Crippen molar-refractivity contribution in [3.63, 3.8) is 0 Å². The molecule has 1 aliphatic heterocycles. The van der Waals surface area contributed by atoms with Crippen LogP contribution in [0.5, 0.6) is 17.2 Å². The first-order valence-corrected chi connectivity index (χ1v) is 12.1. The molecule has 0 saturated carbocycles. The third kappa shape index (κ3) is 5.49. The van der Waals surface area contributed by atoms with Crippen molar-refractivity contribution < 1.29 is 33.6 Å². The van der Waals surface area contributed by atoms with Gasteiger partial charge >= 0.3 is 0 Å². The summed E-state index contributed by atoms with van der Waals surface area (Å²) in [5, 5.41) is 11.3. The minimum atomic E-state index is -0.844. The standard InChI is InChI=1S/C28H35NO7/c1-7-18-9-11-19(12-10-18)25(30)23-24(20-15-21(33-4)27(35-6)22(16-20)34-5)29(28(32)26(23)31)13-8-14-36-17(2)3/h9-12,15-17,24,30H,7-8,13-14H2,1-6H3/b25-23+. The first-order valence-electron chi connectivity index (χ1n) is 12.1. The molecule has 0 spiro atoms. The molecule has 1 unspecified atom stereocenters. The molecule has 1 atom stereocenters. The fourth-order valence-electron chi connectivity index (χ4n) is 4.32. The quantitative estimate of drug-likeness (QED) is 0.211. The van der Waals surface area contributed by atoms with Crippen LogP contribution in [0.2, 0.25) is 0 Å². The first-order chi connectivity index (χ1) is 17.3. The molecule has 36 heavy (non-hydrogen) atoms. The molecular weight excluding hydrogens is 462 g/mol. The maximum atomic E-state index is 13.3. The summed E-state index contributed by atoms with van der Waals surface area (Å²) in [5.41, 5.74) is 2.13. The van der Waals surface area contributed by atoms with Gasteiger partial charge < -0.3 is 29.0 Å². The number of rotatable bonds is 11. The summed E-state index contributed by atoms with van der Waals surface area (Å²) < 4.78 is 22.1. The second kappa shape index (κ2) is 11.9. The van der Waals surface area contributed by atoms with Gasteiger partial charge in [-0.15, -0.1) is 0 Å². The third-order valence-corrected chi connectivity index (χ3v) is 6.17. The van der Waals surface area contributed by atoms with E-state index in [1.807, 2.05) is 32.9 Å². The summed E-state index contributed by atoms with van der Waals surface area (Å²) in [7, 11) is 4.49. The second-order valence-corrected chi connectivity index (χ2v) is 8.77. The Labute approximate surface area is 212 Å². The summed E-state index contributed by atoms with van der Waals surface area (Å²) in [6, 6.07) is 9.84. The van der Waals surface area contributed by atoms with Crippen molar-refractivity contribution in [2.75, 3.05) is 34.5 Å². The van der Waals surface area contributed by atoms with E-state index in [1.165, 1.54) is 26.2 Å². The molecule has 1 N–H and O–H groups in total. The molecule has 0 aromatic heterocycles. The van der Waals surface area contributed by atoms with Crippen LogP contribution in [0.25, 0.3) is 5.76 Å². The minimum Gasteiger partial charge on any atom is -0.507 e. The zero-order chi connectivity index (χ0) is 26.4. The molecule has 1 heterocycles. The Morgan fingerprint density at radius 1 is 1.00 bits per heavy atom. The van der Waals surface area contributed by atoms with Crippen LogP contribution in [0.4, 0.5) is 0 Å². The zero-order valence-corrected chi connectivity index (χ0v) is 21.8. The van der Waals surface area contributed by atoms with Crippen LogP contribution in [0.3, 0.4) is 0 Å². The Balaban J connectivity index is 2.15. The monoisotopic (exact) mass is 497 g/mol. The lowest BCUT2D eigenvalue weighted by molar-refractivity contribution is -0.140. The highest BCUT2D eigenvalue weighted by atomic mass is 16.5. The van der Waals surface area contributed by atoms with Crippen molar-refractivity contribution in [2.45, 2.75) is 45.8 Å². The molecule has 194 valence electrons. The molecule has 8 nitrogen and oxygen atoms in total. The summed E-state index contributed by atoms with van der Waals surface area (Å²) in [6.45, 7) is 6.61. The Morgan fingerprint density at radius 3 is 2.11 bits per heavy atom. The highest BCUT2D eigenvalue weighted by Gasteiger charge is 2.46. The van der Waals surface area contributed by atoms with Gasteiger partial charge in [-0.1, -0.05) is 31.2 Å². The molecule has 1 saturated heterocycles. The average Bonchev–Trinajstić information content (AvgIpc) is 3.14. The molecule has 2 aromatic carbocycles. The van der Waals surface area contributed by atoms with Gasteiger partial charge in [0.1, 0.15) is 5.76 Å². The van der Waals surface area contributed by atoms with Gasteiger partial charge in [0, 0.05) is 18.7 Å². The summed E-state index contributed by atoms with van der Waals surface area (Å²) in [4.78, 5) is 28.0. The number of hydrogen-bond acceptors (Lipinski definition) is 7. The number of carbonyl (C=O) groups is 2. The molecule has 0 radical (unpaired) electrons. The van der Waals surface area contributed by atoms with Crippen LogP contribution in [-0.2, 0) is 20.7 Å². The fourth-order valence-corrected chi connectivity index (χ4v) is 4.32. The number of carbonyl (C=O) groups excluding carboxylic acids is 2. The number of ether oxygens (including phenoxy) is 4. The molecular formula is C28H35NO7. The summed E-state index contributed by atoms with van der Waals surface area (Å²) in [6.07, 6.45) is 1.42. The Morgan fingerprint density at radius 2 is 1.61 bits per heavy atom. The number of Topliss-reactive ketones (excluding diaryl/α,β-unsaturated/α-hetero) is 1. The SMILES string of the molecule is CCc1ccc(/C(O)=C2\C(=O)C(=O)N(CCCOC(C)C)C2c2cc(OC)c(OC)c(OC)c2)cc1. The van der Waals surface area contributed by atoms with Crippen LogP contribution in [0.1, 0.15) is 49.9 Å². The van der Waals surface area contributed by atoms with Crippen LogP contribution in [0.15, 0.2) is 42.0 Å². The van der Waals surface area contributed by atoms with Crippen molar-refractivity contribution in [3.8, 4) is 17.2 Å². The molecule has 0 aliphatic carbocycles. The number of ketones is 1. The van der Waals surface area contributed by atoms with E-state index < -0.39 is 17.7 Å². The third-order valence-electron chi connectivity index (χ3n) is 6.17. The van der Waals surface area contributed by atoms with Gasteiger partial charge in [0.25, 0.3) is 11.7 Å². The lowest BCUT2D eigenvalue weighted by Crippen LogP contribution is -2.31. The predicted octanol–water partition coefficient (Wildman–Crippen LogP) is 4.51. The number of benzene rings is 2. The normalized spacial score (nSPS) is 17.1. The van der Waals surface area contributed by atoms with E-state index in [-0.39, 0.29) is 24.0 Å². The maximum absolute atomic E-state index is 13.3. The molecule has 2 aromatic rings. The van der Waals surface area contributed by atoms with Crippen LogP contribution in [-0.4, -0.2) is 62.3 Å². The highest BCUT2D eigenvalue weighted by Crippen LogP contribution is 2.45. The van der Waals surface area contributed by atoms with E-state index in [0.717, 1.165) is 12.0 Å². The first kappa shape index (κ1) is 27.1. The van der Waals surface area contributed by atoms with Gasteiger partial charge in [-0.05, 0) is 49.9 Å². The zero-order valence-electron chi connectivity index (χ0n) is 21.8. The van der Waals surface area contributed by atoms with Gasteiger partial charge in [0.15, 0.2) is 11.5 Å². The van der Waals surface area contributed by atoms with Crippen molar-refractivity contribution in [1.82, 2.24) is 4.90 Å². The van der Waals surface area contributed by atoms with Crippen molar-refractivity contribution >= 4 is 17.4 Å². The van der Waals surface area contributed by atoms with E-state index in [9.17, 15) is 14.7 Å². The van der Waals surface area contributed by atoms with E-state index >= 15 is 0 Å². The molecule has 8 heteroatoms. The van der Waals surface area contributed by atoms with E-state index in [0.29, 0.717) is 41.4 Å². The largest absolute Gasteiger partial charge is 0.507 e. The maximum Gasteiger partial charge on any atom is 0.295 e. The number of aliphatic hydroxyl groups is 1. The number of nitrogens with zero attached hydrogens (tertiary/aromatic N) is 1. The van der Waals surface area contributed by atoms with E-state index in [1.54, 1.807) is 24.3 Å². The van der Waals surface area contributed by atoms with Gasteiger partial charge in [-0.2, -0.15) is 0 Å². The highest BCUT2D eigenvalue weighted by molar-refractivity contribution is 6.46. The van der Waals surface area contributed by atoms with Gasteiger partial charge in [-0.25, -0.2) is 0 Å². The number of methoxy groups -OCH3 is 3. The molecule has 1 fully saturated rings. The Hall–Kier alpha value is -3.52. The average molecular weight is 498 g/mol. The number of hydrogen-bond donors (Lipinski definition) is 1. The molecule has 1 amide bonds. The lowest BCUT2D eigenvalue weighted by Gasteiger charge is -2.26. The molecule has 0 bridgehead atoms. The Bertz CT molecular complexity index is 1100. The number of likely N-dealkylation sites (tertiary alicyclic amines) is 1. The number of aryl methyl sites for hydroxylation is 1. The van der Waals surface area contributed by atoms with Gasteiger partial charge in [0.05, 0.1) is 39.0 Å². The lowest BCUT2D eigenvalue weighted by atomic mass is 9.94. The fraction of sp³-hybridized carbons (Fsp3) is 0.429. The molecule has 1 aliphatic rings. The van der Waals surface area contributed by atoms with E-state index in [4.69, 9.17) is 18.9 Å². The topological polar surface area (TPSA) is 94.5 Å². The molecule has 3 rings (SSSR count). The van der Waals surface area contributed by atoms with Gasteiger partial charge in [-0.3, -0.25) is 9.59 Å². The van der Waals surface area contributed by atoms with Crippen molar-refractivity contribution in [2.24, 2.45) is 0 Å². The van der Waals surface area contributed by atoms with Crippen LogP contribution in [0, 0.1) is 0 Å². The predicted molar refractivity (Wildman–Crippen MR) is 137 cm³/mol. The second-order valence-electron chi connectivity index (χ2n) is 8.77. The van der Waals surface area contributed by atoms with Crippen molar-refractivity contribution in [3.05, 3.63) is 58.7 Å². The minimum absolute atomic E-state index is 0.0169. The smallest absolute Gasteiger partial charge is 0.295 e. The summed E-state index contributed by atoms with van der Waals surface area (Å²) in [5.74, 6) is -0.488. The van der Waals surface area contributed by atoms with Crippen LogP contribution >= 0.6 is 0 Å². The number of aliphatic hydroxyl groups excluding tert-OH is 1. The van der Waals surface area contributed by atoms with Crippen LogP contribution < -0.4 is 14.2 Å².